The first-order chi connectivity index (χ1) is 11.2. The molecule has 0 radical (unpaired) electrons. The third-order valence-electron chi connectivity index (χ3n) is 4.66. The van der Waals surface area contributed by atoms with Crippen LogP contribution in [0.5, 0.6) is 0 Å². The highest BCUT2D eigenvalue weighted by Gasteiger charge is 2.33. The predicted octanol–water partition coefficient (Wildman–Crippen LogP) is 8.01. The van der Waals surface area contributed by atoms with Gasteiger partial charge in [-0.3, -0.25) is 0 Å². The molecule has 0 atom stereocenters. The van der Waals surface area contributed by atoms with Gasteiger partial charge in [0, 0.05) is 4.47 Å². The summed E-state index contributed by atoms with van der Waals surface area (Å²) >= 11 is 4.04. The number of halogens is 1. The van der Waals surface area contributed by atoms with Crippen molar-refractivity contribution in [1.82, 2.24) is 0 Å². The molecule has 1 heteroatoms. The summed E-state index contributed by atoms with van der Waals surface area (Å²) in [6, 6.07) is 13.2. The van der Waals surface area contributed by atoms with Crippen LogP contribution in [0.25, 0.3) is 11.1 Å². The summed E-state index contributed by atoms with van der Waals surface area (Å²) in [4.78, 5) is 0. The number of benzene rings is 2. The first-order valence-electron chi connectivity index (χ1n) is 9.18. The first-order valence-corrected chi connectivity index (χ1v) is 9.97. The molecule has 0 fully saturated rings. The highest BCUT2D eigenvalue weighted by atomic mass is 79.9. The Balaban J connectivity index is 3.01. The van der Waals surface area contributed by atoms with Crippen LogP contribution in [0, 0.1) is 0 Å². The lowest BCUT2D eigenvalue weighted by molar-refractivity contribution is 0.520. The van der Waals surface area contributed by atoms with E-state index in [1.807, 2.05) is 0 Å². The van der Waals surface area contributed by atoms with Crippen LogP contribution in [0.2, 0.25) is 0 Å². The topological polar surface area (TPSA) is 0 Å². The van der Waals surface area contributed by atoms with Crippen LogP contribution < -0.4 is 0 Å². The molecule has 0 bridgehead atoms. The van der Waals surface area contributed by atoms with Crippen molar-refractivity contribution in [2.45, 2.75) is 78.6 Å². The van der Waals surface area contributed by atoms with E-state index in [0.29, 0.717) is 0 Å². The van der Waals surface area contributed by atoms with Crippen molar-refractivity contribution in [3.63, 3.8) is 0 Å². The molecule has 0 aliphatic rings. The van der Waals surface area contributed by atoms with E-state index in [1.54, 1.807) is 0 Å². The van der Waals surface area contributed by atoms with Crippen LogP contribution in [-0.2, 0) is 16.2 Å². The second-order valence-corrected chi connectivity index (χ2v) is 10.9. The van der Waals surface area contributed by atoms with E-state index in [-0.39, 0.29) is 16.2 Å². The minimum atomic E-state index is 0.0560. The second-order valence-electron chi connectivity index (χ2n) is 10.2. The summed E-state index contributed by atoms with van der Waals surface area (Å²) < 4.78 is 1.28. The van der Waals surface area contributed by atoms with Crippen LogP contribution in [0.15, 0.2) is 40.9 Å². The molecule has 0 aromatic heterocycles. The van der Waals surface area contributed by atoms with Gasteiger partial charge in [0.25, 0.3) is 0 Å². The van der Waals surface area contributed by atoms with Crippen LogP contribution in [0.4, 0.5) is 0 Å². The summed E-state index contributed by atoms with van der Waals surface area (Å²) in [6.07, 6.45) is 0. The molecule has 2 aromatic rings. The van der Waals surface area contributed by atoms with E-state index < -0.39 is 0 Å². The lowest BCUT2D eigenvalue weighted by Crippen LogP contribution is -2.26. The van der Waals surface area contributed by atoms with Gasteiger partial charge in [0.2, 0.25) is 0 Å². The van der Waals surface area contributed by atoms with E-state index in [1.165, 1.54) is 32.3 Å². The van der Waals surface area contributed by atoms with Crippen molar-refractivity contribution < 1.29 is 0 Å². The van der Waals surface area contributed by atoms with E-state index in [0.717, 1.165) is 0 Å². The summed E-state index contributed by atoms with van der Waals surface area (Å²) in [5, 5.41) is 0. The van der Waals surface area contributed by atoms with Crippen LogP contribution in [0.1, 0.15) is 79.0 Å². The van der Waals surface area contributed by atoms with Crippen LogP contribution in [0.3, 0.4) is 0 Å². The van der Waals surface area contributed by atoms with Gasteiger partial charge in [-0.25, -0.2) is 0 Å². The molecule has 0 amide bonds. The van der Waals surface area contributed by atoms with Crippen molar-refractivity contribution in [1.29, 1.82) is 0 Å². The molecule has 0 heterocycles. The average molecular weight is 401 g/mol. The van der Waals surface area contributed by atoms with Gasteiger partial charge in [-0.2, -0.15) is 0 Å². The molecular formula is C24H33Br. The number of hydrogen-bond acceptors (Lipinski definition) is 0. The molecule has 0 aliphatic heterocycles. The highest BCUT2D eigenvalue weighted by molar-refractivity contribution is 9.10. The van der Waals surface area contributed by atoms with Crippen molar-refractivity contribution in [2.75, 3.05) is 0 Å². The monoisotopic (exact) mass is 400 g/mol. The summed E-state index contributed by atoms with van der Waals surface area (Å²) in [6.45, 7) is 20.8. The molecule has 0 N–H and O–H groups in total. The van der Waals surface area contributed by atoms with Crippen molar-refractivity contribution in [3.05, 3.63) is 57.6 Å². The Bertz CT molecular complexity index is 748. The Labute approximate surface area is 163 Å². The molecule has 0 nitrogen and oxygen atoms in total. The molecule has 0 aliphatic carbocycles. The highest BCUT2D eigenvalue weighted by Crippen LogP contribution is 2.47. The van der Waals surface area contributed by atoms with Gasteiger partial charge in [0.1, 0.15) is 0 Å². The zero-order chi connectivity index (χ0) is 19.2. The Kier molecular flexibility index (Phi) is 5.32. The predicted molar refractivity (Wildman–Crippen MR) is 116 cm³/mol. The molecular weight excluding hydrogens is 368 g/mol. The fourth-order valence-corrected chi connectivity index (χ4v) is 5.17. The average Bonchev–Trinajstić information content (AvgIpc) is 2.43. The van der Waals surface area contributed by atoms with Gasteiger partial charge < -0.3 is 0 Å². The maximum absolute atomic E-state index is 4.04. The molecule has 25 heavy (non-hydrogen) atoms. The van der Waals surface area contributed by atoms with E-state index in [9.17, 15) is 0 Å². The van der Waals surface area contributed by atoms with Gasteiger partial charge in [-0.05, 0) is 50.1 Å². The zero-order valence-electron chi connectivity index (χ0n) is 17.3. The third-order valence-corrected chi connectivity index (χ3v) is 5.45. The Morgan fingerprint density at radius 3 is 1.52 bits per heavy atom. The maximum Gasteiger partial charge on any atom is 0.0259 e. The third kappa shape index (κ3) is 4.19. The van der Waals surface area contributed by atoms with E-state index in [4.69, 9.17) is 0 Å². The molecule has 0 saturated heterocycles. The Morgan fingerprint density at radius 2 is 1.12 bits per heavy atom. The molecule has 2 aromatic carbocycles. The summed E-state index contributed by atoms with van der Waals surface area (Å²) in [5.74, 6) is 0. The van der Waals surface area contributed by atoms with Gasteiger partial charge in [0.05, 0.1) is 0 Å². The summed E-state index contributed by atoms with van der Waals surface area (Å²) in [5.41, 5.74) is 7.12. The minimum Gasteiger partial charge on any atom is -0.0622 e. The van der Waals surface area contributed by atoms with Crippen molar-refractivity contribution in [2.24, 2.45) is 0 Å². The lowest BCUT2D eigenvalue weighted by Gasteiger charge is -2.36. The quantitative estimate of drug-likeness (QED) is 0.454. The molecule has 0 saturated carbocycles. The van der Waals surface area contributed by atoms with Gasteiger partial charge >= 0.3 is 0 Å². The standard InChI is InChI=1S/C24H33Br/c1-22(2,3)18-15-17(16-13-11-10-12-14-16)19(23(4,5)6)21(25)20(18)24(7,8)9/h10-15H,1-9H3. The Morgan fingerprint density at radius 1 is 0.640 bits per heavy atom. The lowest BCUT2D eigenvalue weighted by atomic mass is 9.70. The second kappa shape index (κ2) is 6.58. The normalized spacial score (nSPS) is 13.2. The van der Waals surface area contributed by atoms with E-state index >= 15 is 0 Å². The van der Waals surface area contributed by atoms with Crippen LogP contribution in [-0.4, -0.2) is 0 Å². The molecule has 136 valence electrons. The minimum absolute atomic E-state index is 0.0560. The molecule has 0 spiro atoms. The summed E-state index contributed by atoms with van der Waals surface area (Å²) in [7, 11) is 0. The number of rotatable bonds is 1. The molecule has 0 unspecified atom stereocenters. The van der Waals surface area contributed by atoms with E-state index in [2.05, 4.69) is 115 Å². The van der Waals surface area contributed by atoms with Gasteiger partial charge in [-0.1, -0.05) is 109 Å². The van der Waals surface area contributed by atoms with Crippen molar-refractivity contribution >= 4 is 15.9 Å². The zero-order valence-corrected chi connectivity index (χ0v) is 18.9. The van der Waals surface area contributed by atoms with Crippen LogP contribution >= 0.6 is 15.9 Å². The SMILES string of the molecule is CC(C)(C)c1cc(-c2ccccc2)c(C(C)(C)C)c(Br)c1C(C)(C)C. The molecule has 2 rings (SSSR count). The smallest absolute Gasteiger partial charge is 0.0259 e. The Hall–Kier alpha value is -1.08. The maximum atomic E-state index is 4.04. The first kappa shape index (κ1) is 20.2. The van der Waals surface area contributed by atoms with Crippen molar-refractivity contribution in [3.8, 4) is 11.1 Å². The van der Waals surface area contributed by atoms with Gasteiger partial charge in [-0.15, -0.1) is 0 Å². The largest absolute Gasteiger partial charge is 0.0622 e. The fraction of sp³-hybridized carbons (Fsp3) is 0.500. The fourth-order valence-electron chi connectivity index (χ4n) is 3.55. The van der Waals surface area contributed by atoms with Gasteiger partial charge in [0.15, 0.2) is 0 Å². The number of hydrogen-bond donors (Lipinski definition) is 0.